The second-order valence-electron chi connectivity index (χ2n) is 6.17. The third-order valence-corrected chi connectivity index (χ3v) is 4.63. The van der Waals surface area contributed by atoms with Crippen molar-refractivity contribution in [2.24, 2.45) is 0 Å². The first-order valence-corrected chi connectivity index (χ1v) is 8.20. The van der Waals surface area contributed by atoms with Crippen molar-refractivity contribution in [3.05, 3.63) is 24.2 Å². The maximum Gasteiger partial charge on any atom is 0.289 e. The summed E-state index contributed by atoms with van der Waals surface area (Å²) in [5.41, 5.74) is 0. The molecule has 1 atom stereocenters. The smallest absolute Gasteiger partial charge is 0.289 e. The zero-order chi connectivity index (χ0) is 16.2. The Kier molecular flexibility index (Phi) is 6.65. The lowest BCUT2D eigenvalue weighted by Crippen LogP contribution is -2.56. The standard InChI is InChI=1S/C16H24N4O3.ClH/c1-13-11-17-4-5-20(13)12-15(21)18-6-8-19(9-7-18)16(22)14-3-2-10-23-14;/h2-3,10,13,17H,4-9,11-12H2,1H3;1H/t13-;/m1./s1. The largest absolute Gasteiger partial charge is 0.459 e. The lowest BCUT2D eigenvalue weighted by Gasteiger charge is -2.38. The van der Waals surface area contributed by atoms with Crippen LogP contribution in [0.1, 0.15) is 17.5 Å². The first-order chi connectivity index (χ1) is 11.1. The number of hydrogen-bond acceptors (Lipinski definition) is 5. The molecule has 0 radical (unpaired) electrons. The third-order valence-electron chi connectivity index (χ3n) is 4.63. The van der Waals surface area contributed by atoms with E-state index >= 15 is 0 Å². The number of carbonyl (C=O) groups is 2. The van der Waals surface area contributed by atoms with Gasteiger partial charge in [-0.25, -0.2) is 0 Å². The number of piperazine rings is 2. The summed E-state index contributed by atoms with van der Waals surface area (Å²) < 4.78 is 5.15. The van der Waals surface area contributed by atoms with Crippen molar-refractivity contribution in [3.8, 4) is 0 Å². The fraction of sp³-hybridized carbons (Fsp3) is 0.625. The Morgan fingerprint density at radius 2 is 1.92 bits per heavy atom. The third kappa shape index (κ3) is 4.28. The number of nitrogens with one attached hydrogen (secondary N) is 1. The van der Waals surface area contributed by atoms with Crippen LogP contribution >= 0.6 is 12.4 Å². The first kappa shape index (κ1) is 18.8. The van der Waals surface area contributed by atoms with Gasteiger partial charge in [-0.2, -0.15) is 0 Å². The molecule has 0 bridgehead atoms. The van der Waals surface area contributed by atoms with Gasteiger partial charge in [-0.15, -0.1) is 12.4 Å². The van der Waals surface area contributed by atoms with Gasteiger partial charge in [0.15, 0.2) is 5.76 Å². The number of amides is 2. The molecule has 3 rings (SSSR count). The predicted octanol–water partition coefficient (Wildman–Crippen LogP) is 0.280. The zero-order valence-electron chi connectivity index (χ0n) is 13.9. The minimum Gasteiger partial charge on any atom is -0.459 e. The molecule has 2 saturated heterocycles. The van der Waals surface area contributed by atoms with Crippen molar-refractivity contribution < 1.29 is 14.0 Å². The van der Waals surface area contributed by atoms with Crippen LogP contribution < -0.4 is 5.32 Å². The topological polar surface area (TPSA) is 69.0 Å². The van der Waals surface area contributed by atoms with E-state index in [2.05, 4.69) is 17.1 Å². The van der Waals surface area contributed by atoms with Crippen LogP contribution in [0.15, 0.2) is 22.8 Å². The van der Waals surface area contributed by atoms with E-state index in [0.717, 1.165) is 19.6 Å². The van der Waals surface area contributed by atoms with Gasteiger partial charge in [-0.05, 0) is 19.1 Å². The highest BCUT2D eigenvalue weighted by molar-refractivity contribution is 5.91. The summed E-state index contributed by atoms with van der Waals surface area (Å²) in [6.45, 7) is 7.67. The number of hydrogen-bond donors (Lipinski definition) is 1. The minimum atomic E-state index is -0.0992. The monoisotopic (exact) mass is 356 g/mol. The second-order valence-corrected chi connectivity index (χ2v) is 6.17. The number of rotatable bonds is 3. The number of halogens is 1. The Morgan fingerprint density at radius 3 is 2.54 bits per heavy atom. The van der Waals surface area contributed by atoms with Gasteiger partial charge in [0.1, 0.15) is 0 Å². The van der Waals surface area contributed by atoms with Gasteiger partial charge in [0, 0.05) is 51.9 Å². The Balaban J connectivity index is 0.00000208. The molecule has 3 heterocycles. The van der Waals surface area contributed by atoms with E-state index in [1.807, 2.05) is 4.90 Å². The molecule has 1 aromatic heterocycles. The maximum atomic E-state index is 12.5. The van der Waals surface area contributed by atoms with Gasteiger partial charge in [-0.3, -0.25) is 14.5 Å². The van der Waals surface area contributed by atoms with Gasteiger partial charge in [0.25, 0.3) is 5.91 Å². The molecule has 2 aliphatic heterocycles. The molecule has 0 saturated carbocycles. The van der Waals surface area contributed by atoms with E-state index in [1.165, 1.54) is 6.26 Å². The van der Waals surface area contributed by atoms with Crippen molar-refractivity contribution in [1.82, 2.24) is 20.0 Å². The zero-order valence-corrected chi connectivity index (χ0v) is 14.8. The van der Waals surface area contributed by atoms with Crippen LogP contribution in [-0.4, -0.2) is 84.9 Å². The Bertz CT molecular complexity index is 544. The molecule has 1 N–H and O–H groups in total. The van der Waals surface area contributed by atoms with Gasteiger partial charge in [0.05, 0.1) is 12.8 Å². The quantitative estimate of drug-likeness (QED) is 0.842. The van der Waals surface area contributed by atoms with E-state index in [9.17, 15) is 9.59 Å². The summed E-state index contributed by atoms with van der Waals surface area (Å²) in [5, 5.41) is 3.33. The molecule has 0 spiro atoms. The average molecular weight is 357 g/mol. The Labute approximate surface area is 148 Å². The molecule has 0 aromatic carbocycles. The van der Waals surface area contributed by atoms with Crippen molar-refractivity contribution in [1.29, 1.82) is 0 Å². The molecule has 24 heavy (non-hydrogen) atoms. The molecule has 134 valence electrons. The molecular weight excluding hydrogens is 332 g/mol. The van der Waals surface area contributed by atoms with E-state index < -0.39 is 0 Å². The predicted molar refractivity (Wildman–Crippen MR) is 92.3 cm³/mol. The Hall–Kier alpha value is -1.57. The SMILES string of the molecule is C[C@@H]1CNCCN1CC(=O)N1CCN(C(=O)c2ccco2)CC1.Cl. The summed E-state index contributed by atoms with van der Waals surface area (Å²) >= 11 is 0. The van der Waals surface area contributed by atoms with Crippen LogP contribution in [0.2, 0.25) is 0 Å². The van der Waals surface area contributed by atoms with Crippen LogP contribution in [-0.2, 0) is 4.79 Å². The number of carbonyl (C=O) groups excluding carboxylic acids is 2. The average Bonchev–Trinajstić information content (AvgIpc) is 3.11. The van der Waals surface area contributed by atoms with Crippen LogP contribution in [0.25, 0.3) is 0 Å². The Morgan fingerprint density at radius 1 is 1.21 bits per heavy atom. The molecular formula is C16H25ClN4O3. The number of nitrogens with zero attached hydrogens (tertiary/aromatic N) is 3. The lowest BCUT2D eigenvalue weighted by molar-refractivity contribution is -0.134. The minimum absolute atomic E-state index is 0. The molecule has 2 amide bonds. The normalized spacial score (nSPS) is 22.1. The first-order valence-electron chi connectivity index (χ1n) is 8.20. The fourth-order valence-corrected chi connectivity index (χ4v) is 3.11. The fourth-order valence-electron chi connectivity index (χ4n) is 3.11. The highest BCUT2D eigenvalue weighted by atomic mass is 35.5. The molecule has 8 heteroatoms. The maximum absolute atomic E-state index is 12.5. The van der Waals surface area contributed by atoms with E-state index in [1.54, 1.807) is 17.0 Å². The van der Waals surface area contributed by atoms with Gasteiger partial charge in [0.2, 0.25) is 5.91 Å². The van der Waals surface area contributed by atoms with Crippen molar-refractivity contribution in [2.75, 3.05) is 52.4 Å². The molecule has 0 unspecified atom stereocenters. The molecule has 0 aliphatic carbocycles. The van der Waals surface area contributed by atoms with Crippen molar-refractivity contribution >= 4 is 24.2 Å². The summed E-state index contributed by atoms with van der Waals surface area (Å²) in [5.74, 6) is 0.418. The highest BCUT2D eigenvalue weighted by Crippen LogP contribution is 2.10. The van der Waals surface area contributed by atoms with Crippen LogP contribution in [0, 0.1) is 0 Å². The van der Waals surface area contributed by atoms with E-state index in [-0.39, 0.29) is 24.2 Å². The summed E-state index contributed by atoms with van der Waals surface area (Å²) in [6.07, 6.45) is 1.50. The molecule has 7 nitrogen and oxygen atoms in total. The summed E-state index contributed by atoms with van der Waals surface area (Å²) in [4.78, 5) is 30.5. The van der Waals surface area contributed by atoms with Crippen LogP contribution in [0.4, 0.5) is 0 Å². The van der Waals surface area contributed by atoms with Gasteiger partial charge < -0.3 is 19.5 Å². The molecule has 2 fully saturated rings. The van der Waals surface area contributed by atoms with Crippen molar-refractivity contribution in [3.63, 3.8) is 0 Å². The van der Waals surface area contributed by atoms with Gasteiger partial charge in [-0.1, -0.05) is 0 Å². The van der Waals surface area contributed by atoms with E-state index in [0.29, 0.717) is 44.5 Å². The highest BCUT2D eigenvalue weighted by Gasteiger charge is 2.28. The summed E-state index contributed by atoms with van der Waals surface area (Å²) in [6, 6.07) is 3.77. The van der Waals surface area contributed by atoms with Crippen molar-refractivity contribution in [2.45, 2.75) is 13.0 Å². The van der Waals surface area contributed by atoms with E-state index in [4.69, 9.17) is 4.42 Å². The van der Waals surface area contributed by atoms with Gasteiger partial charge >= 0.3 is 0 Å². The second kappa shape index (κ2) is 8.50. The summed E-state index contributed by atoms with van der Waals surface area (Å²) in [7, 11) is 0. The molecule has 2 aliphatic rings. The lowest BCUT2D eigenvalue weighted by atomic mass is 10.2. The van der Waals surface area contributed by atoms with Crippen LogP contribution in [0.5, 0.6) is 0 Å². The number of furan rings is 1. The molecule has 1 aromatic rings. The van der Waals surface area contributed by atoms with Crippen LogP contribution in [0.3, 0.4) is 0 Å².